The van der Waals surface area contributed by atoms with Gasteiger partial charge in [0.1, 0.15) is 0 Å². The number of carbonyl (C=O) groups excluding carboxylic acids is 4. The number of nitrogens with one attached hydrogen (secondary N) is 1. The third kappa shape index (κ3) is 4.17. The fraction of sp³-hybridized carbons (Fsp3) is 0.211. The smallest absolute Gasteiger partial charge is 0.338 e. The number of hydrogen-bond donors (Lipinski definition) is 1. The van der Waals surface area contributed by atoms with E-state index in [1.807, 2.05) is 0 Å². The third-order valence-corrected chi connectivity index (χ3v) is 4.38. The summed E-state index contributed by atoms with van der Waals surface area (Å²) >= 11 is 5.88. The van der Waals surface area contributed by atoms with Crippen LogP contribution in [0.1, 0.15) is 30.1 Å². The van der Waals surface area contributed by atoms with Gasteiger partial charge in [0.25, 0.3) is 5.91 Å². The third-order valence-electron chi connectivity index (χ3n) is 4.08. The van der Waals surface area contributed by atoms with Crippen LogP contribution in [-0.4, -0.2) is 34.8 Å². The molecule has 0 radical (unpaired) electrons. The molecule has 0 bridgehead atoms. The molecule has 1 N–H and O–H groups in total. The average Bonchev–Trinajstić information content (AvgIpc) is 3.02. The summed E-state index contributed by atoms with van der Waals surface area (Å²) in [5.41, 5.74) is 0.879. The zero-order valence-corrected chi connectivity index (χ0v) is 15.6. The van der Waals surface area contributed by atoms with Crippen LogP contribution in [0.15, 0.2) is 42.6 Å². The number of pyridine rings is 1. The van der Waals surface area contributed by atoms with E-state index in [0.717, 1.165) is 4.90 Å². The molecule has 1 unspecified atom stereocenters. The quantitative estimate of drug-likeness (QED) is 0.469. The molecule has 1 fully saturated rings. The normalized spacial score (nSPS) is 14.7. The maximum atomic E-state index is 12.3. The number of imide groups is 1. The van der Waals surface area contributed by atoms with Crippen molar-refractivity contribution in [1.29, 1.82) is 0 Å². The molecule has 28 heavy (non-hydrogen) atoms. The Labute approximate surface area is 165 Å². The molecule has 8 nitrogen and oxygen atoms in total. The molecule has 0 aliphatic carbocycles. The van der Waals surface area contributed by atoms with Crippen molar-refractivity contribution < 1.29 is 23.9 Å². The number of benzene rings is 1. The molecule has 1 aliphatic heterocycles. The fourth-order valence-electron chi connectivity index (χ4n) is 2.61. The molecule has 2 heterocycles. The van der Waals surface area contributed by atoms with Gasteiger partial charge in [-0.15, -0.1) is 0 Å². The molecule has 1 aliphatic rings. The Morgan fingerprint density at radius 1 is 1.14 bits per heavy atom. The second-order valence-electron chi connectivity index (χ2n) is 6.05. The molecular weight excluding hydrogens is 386 g/mol. The summed E-state index contributed by atoms with van der Waals surface area (Å²) in [5.74, 6) is -1.84. The topological polar surface area (TPSA) is 106 Å². The minimum absolute atomic E-state index is 0.121. The van der Waals surface area contributed by atoms with Gasteiger partial charge in [-0.2, -0.15) is 0 Å². The van der Waals surface area contributed by atoms with Crippen LogP contribution in [0.25, 0.3) is 0 Å². The van der Waals surface area contributed by atoms with Gasteiger partial charge in [-0.1, -0.05) is 11.6 Å². The first-order chi connectivity index (χ1) is 13.4. The Bertz CT molecular complexity index is 929. The zero-order valence-electron chi connectivity index (χ0n) is 14.8. The highest BCUT2D eigenvalue weighted by atomic mass is 35.5. The van der Waals surface area contributed by atoms with Crippen LogP contribution in [0.5, 0.6) is 0 Å². The lowest BCUT2D eigenvalue weighted by Gasteiger charge is -2.15. The zero-order chi connectivity index (χ0) is 20.3. The number of amides is 3. The Morgan fingerprint density at radius 3 is 2.39 bits per heavy atom. The number of aromatic nitrogens is 1. The Kier molecular flexibility index (Phi) is 5.70. The van der Waals surface area contributed by atoms with E-state index in [-0.39, 0.29) is 35.4 Å². The summed E-state index contributed by atoms with van der Waals surface area (Å²) in [6, 6.07) is 9.01. The highest BCUT2D eigenvalue weighted by Crippen LogP contribution is 2.23. The van der Waals surface area contributed by atoms with Crippen LogP contribution in [0.2, 0.25) is 5.15 Å². The molecule has 1 saturated heterocycles. The number of halogens is 1. The molecule has 2 aromatic rings. The maximum Gasteiger partial charge on any atom is 0.338 e. The van der Waals surface area contributed by atoms with Crippen LogP contribution in [0.3, 0.4) is 0 Å². The van der Waals surface area contributed by atoms with Gasteiger partial charge in [-0.3, -0.25) is 19.3 Å². The summed E-state index contributed by atoms with van der Waals surface area (Å²) in [7, 11) is 0. The van der Waals surface area contributed by atoms with Gasteiger partial charge in [-0.25, -0.2) is 9.78 Å². The lowest BCUT2D eigenvalue weighted by atomic mass is 10.2. The van der Waals surface area contributed by atoms with E-state index in [1.54, 1.807) is 12.1 Å². The SMILES string of the molecule is CC(OC(=O)c1ccc(N2C(=O)CCC2=O)cc1)C(=O)Nc1cccnc1Cl. The van der Waals surface area contributed by atoms with E-state index >= 15 is 0 Å². The van der Waals surface area contributed by atoms with E-state index in [0.29, 0.717) is 11.4 Å². The van der Waals surface area contributed by atoms with E-state index in [4.69, 9.17) is 16.3 Å². The number of nitrogens with zero attached hydrogens (tertiary/aromatic N) is 2. The summed E-state index contributed by atoms with van der Waals surface area (Å²) < 4.78 is 5.16. The highest BCUT2D eigenvalue weighted by Gasteiger charge is 2.30. The van der Waals surface area contributed by atoms with Crippen LogP contribution in [0.4, 0.5) is 11.4 Å². The van der Waals surface area contributed by atoms with Gasteiger partial charge in [0.05, 0.1) is 16.9 Å². The molecule has 1 aromatic carbocycles. The van der Waals surface area contributed by atoms with Gasteiger partial charge < -0.3 is 10.1 Å². The summed E-state index contributed by atoms with van der Waals surface area (Å²) in [4.78, 5) is 52.9. The minimum atomic E-state index is -1.08. The van der Waals surface area contributed by atoms with Crippen molar-refractivity contribution >= 4 is 46.7 Å². The van der Waals surface area contributed by atoms with Crippen LogP contribution < -0.4 is 10.2 Å². The van der Waals surface area contributed by atoms with Crippen molar-refractivity contribution in [2.45, 2.75) is 25.9 Å². The number of anilines is 2. The predicted octanol–water partition coefficient (Wildman–Crippen LogP) is 2.57. The van der Waals surface area contributed by atoms with E-state index < -0.39 is 18.0 Å². The Morgan fingerprint density at radius 2 is 1.79 bits per heavy atom. The molecule has 9 heteroatoms. The van der Waals surface area contributed by atoms with E-state index in [2.05, 4.69) is 10.3 Å². The van der Waals surface area contributed by atoms with Gasteiger partial charge >= 0.3 is 5.97 Å². The summed E-state index contributed by atoms with van der Waals surface area (Å²) in [6.45, 7) is 1.42. The monoisotopic (exact) mass is 401 g/mol. The summed E-state index contributed by atoms with van der Waals surface area (Å²) in [6.07, 6.45) is 0.756. The maximum absolute atomic E-state index is 12.3. The second-order valence-corrected chi connectivity index (χ2v) is 6.41. The lowest BCUT2D eigenvalue weighted by Crippen LogP contribution is -2.30. The molecule has 1 aromatic heterocycles. The fourth-order valence-corrected chi connectivity index (χ4v) is 2.77. The molecule has 1 atom stereocenters. The molecule has 0 saturated carbocycles. The number of esters is 1. The lowest BCUT2D eigenvalue weighted by molar-refractivity contribution is -0.124. The van der Waals surface area contributed by atoms with E-state index in [1.165, 1.54) is 37.4 Å². The average molecular weight is 402 g/mol. The molecular formula is C19H16ClN3O5. The Balaban J connectivity index is 1.62. The van der Waals surface area contributed by atoms with Crippen molar-refractivity contribution in [3.05, 3.63) is 53.3 Å². The molecule has 144 valence electrons. The van der Waals surface area contributed by atoms with Crippen molar-refractivity contribution in [2.24, 2.45) is 0 Å². The number of rotatable bonds is 5. The molecule has 3 amide bonds. The first-order valence-corrected chi connectivity index (χ1v) is 8.83. The largest absolute Gasteiger partial charge is 0.449 e. The van der Waals surface area contributed by atoms with Crippen molar-refractivity contribution in [3.63, 3.8) is 0 Å². The van der Waals surface area contributed by atoms with Crippen molar-refractivity contribution in [1.82, 2.24) is 4.98 Å². The summed E-state index contributed by atoms with van der Waals surface area (Å²) in [5, 5.41) is 2.65. The first-order valence-electron chi connectivity index (χ1n) is 8.45. The predicted molar refractivity (Wildman–Crippen MR) is 101 cm³/mol. The standard InChI is InChI=1S/C19H16ClN3O5/c1-11(18(26)22-14-3-2-10-21-17(14)20)28-19(27)12-4-6-13(7-5-12)23-15(24)8-9-16(23)25/h2-7,10-11H,8-9H2,1H3,(H,22,26). The van der Waals surface area contributed by atoms with Crippen LogP contribution in [0, 0.1) is 0 Å². The molecule has 0 spiro atoms. The number of ether oxygens (including phenoxy) is 1. The number of carbonyl (C=O) groups is 4. The first kappa shape index (κ1) is 19.5. The minimum Gasteiger partial charge on any atom is -0.449 e. The van der Waals surface area contributed by atoms with Crippen LogP contribution >= 0.6 is 11.6 Å². The van der Waals surface area contributed by atoms with Crippen LogP contribution in [-0.2, 0) is 19.1 Å². The van der Waals surface area contributed by atoms with Gasteiger partial charge in [0.15, 0.2) is 11.3 Å². The van der Waals surface area contributed by atoms with E-state index in [9.17, 15) is 19.2 Å². The number of hydrogen-bond acceptors (Lipinski definition) is 6. The highest BCUT2D eigenvalue weighted by molar-refractivity contribution is 6.32. The van der Waals surface area contributed by atoms with Gasteiger partial charge in [-0.05, 0) is 43.3 Å². The molecule has 3 rings (SSSR count). The van der Waals surface area contributed by atoms with Gasteiger partial charge in [0, 0.05) is 19.0 Å². The van der Waals surface area contributed by atoms with Gasteiger partial charge in [0.2, 0.25) is 11.8 Å². The second kappa shape index (κ2) is 8.18. The Hall–Kier alpha value is -3.26. The van der Waals surface area contributed by atoms with Crippen molar-refractivity contribution in [3.8, 4) is 0 Å². The van der Waals surface area contributed by atoms with Crippen molar-refractivity contribution in [2.75, 3.05) is 10.2 Å².